The molecule has 0 spiro atoms. The van der Waals surface area contributed by atoms with Crippen molar-refractivity contribution in [2.24, 2.45) is 0 Å². The number of aryl methyl sites for hydroxylation is 3. The van der Waals surface area contributed by atoms with E-state index in [1.54, 1.807) is 0 Å². The van der Waals surface area contributed by atoms with Crippen molar-refractivity contribution >= 4 is 16.6 Å². The average Bonchev–Trinajstić information content (AvgIpc) is 2.90. The molecule has 0 aliphatic carbocycles. The zero-order chi connectivity index (χ0) is 16.1. The van der Waals surface area contributed by atoms with Gasteiger partial charge in [0, 0.05) is 17.8 Å². The van der Waals surface area contributed by atoms with Crippen LogP contribution in [0.1, 0.15) is 17.0 Å². The summed E-state index contributed by atoms with van der Waals surface area (Å²) < 4.78 is 7.35. The summed E-state index contributed by atoms with van der Waals surface area (Å²) in [5.74, 6) is 0. The molecule has 4 rings (SSSR count). The van der Waals surface area contributed by atoms with Crippen LogP contribution in [-0.4, -0.2) is 14.4 Å². The number of aromatic nitrogens is 3. The van der Waals surface area contributed by atoms with Crippen LogP contribution in [0.25, 0.3) is 27.9 Å². The van der Waals surface area contributed by atoms with Crippen molar-refractivity contribution < 1.29 is 4.42 Å². The fourth-order valence-electron chi connectivity index (χ4n) is 2.83. The van der Waals surface area contributed by atoms with Crippen molar-refractivity contribution in [3.63, 3.8) is 0 Å². The molecule has 5 nitrogen and oxygen atoms in total. The van der Waals surface area contributed by atoms with Crippen molar-refractivity contribution in [1.82, 2.24) is 14.4 Å². The lowest BCUT2D eigenvalue weighted by atomic mass is 10.1. The maximum absolute atomic E-state index is 12.3. The molecule has 23 heavy (non-hydrogen) atoms. The second kappa shape index (κ2) is 4.78. The molecule has 0 aliphatic heterocycles. The SMILES string of the molecule is Cc1ccc2cc(-c3cn4cc(C)nc(C)c4n3)c(=O)oc2c1. The Morgan fingerprint density at radius 2 is 1.87 bits per heavy atom. The predicted molar refractivity (Wildman–Crippen MR) is 88.7 cm³/mol. The summed E-state index contributed by atoms with van der Waals surface area (Å²) in [5, 5.41) is 0.883. The molecule has 3 aromatic heterocycles. The van der Waals surface area contributed by atoms with Crippen molar-refractivity contribution in [2.45, 2.75) is 20.8 Å². The molecule has 0 saturated heterocycles. The van der Waals surface area contributed by atoms with Crippen molar-refractivity contribution in [1.29, 1.82) is 0 Å². The van der Waals surface area contributed by atoms with E-state index in [1.807, 2.05) is 61.8 Å². The first kappa shape index (κ1) is 13.7. The lowest BCUT2D eigenvalue weighted by Gasteiger charge is -2.00. The fourth-order valence-corrected chi connectivity index (χ4v) is 2.83. The van der Waals surface area contributed by atoms with Crippen LogP contribution >= 0.6 is 0 Å². The summed E-state index contributed by atoms with van der Waals surface area (Å²) in [6, 6.07) is 7.64. The molecule has 5 heteroatoms. The first-order valence-corrected chi connectivity index (χ1v) is 7.39. The Morgan fingerprint density at radius 1 is 1.04 bits per heavy atom. The Morgan fingerprint density at radius 3 is 2.70 bits per heavy atom. The predicted octanol–water partition coefficient (Wildman–Crippen LogP) is 3.43. The number of hydrogen-bond acceptors (Lipinski definition) is 4. The van der Waals surface area contributed by atoms with Gasteiger partial charge in [-0.3, -0.25) is 4.98 Å². The van der Waals surface area contributed by atoms with Crippen molar-refractivity contribution in [2.75, 3.05) is 0 Å². The molecule has 1 aromatic carbocycles. The molecule has 4 aromatic rings. The Hall–Kier alpha value is -2.95. The molecule has 0 radical (unpaired) electrons. The normalized spacial score (nSPS) is 11.4. The van der Waals surface area contributed by atoms with Crippen LogP contribution in [0.4, 0.5) is 0 Å². The van der Waals surface area contributed by atoms with Crippen LogP contribution in [0.2, 0.25) is 0 Å². The lowest BCUT2D eigenvalue weighted by Crippen LogP contribution is -2.02. The molecule has 0 fully saturated rings. The molecule has 3 heterocycles. The molecular weight excluding hydrogens is 290 g/mol. The Kier molecular flexibility index (Phi) is 2.84. The van der Waals surface area contributed by atoms with Gasteiger partial charge in [-0.15, -0.1) is 0 Å². The minimum absolute atomic E-state index is 0.381. The zero-order valence-electron chi connectivity index (χ0n) is 13.1. The summed E-state index contributed by atoms with van der Waals surface area (Å²) in [4.78, 5) is 21.3. The minimum Gasteiger partial charge on any atom is -0.422 e. The van der Waals surface area contributed by atoms with Crippen LogP contribution in [0.5, 0.6) is 0 Å². The van der Waals surface area contributed by atoms with Crippen molar-refractivity contribution in [3.8, 4) is 11.3 Å². The van der Waals surface area contributed by atoms with Gasteiger partial charge >= 0.3 is 5.63 Å². The highest BCUT2D eigenvalue weighted by Gasteiger charge is 2.13. The van der Waals surface area contributed by atoms with Gasteiger partial charge in [-0.1, -0.05) is 12.1 Å². The van der Waals surface area contributed by atoms with Gasteiger partial charge < -0.3 is 8.82 Å². The third-order valence-electron chi connectivity index (χ3n) is 3.89. The smallest absolute Gasteiger partial charge is 0.345 e. The van der Waals surface area contributed by atoms with Crippen LogP contribution in [0, 0.1) is 20.8 Å². The quantitative estimate of drug-likeness (QED) is 0.505. The Labute approximate surface area is 132 Å². The third kappa shape index (κ3) is 2.21. The van der Waals surface area contributed by atoms with Crippen LogP contribution in [-0.2, 0) is 0 Å². The monoisotopic (exact) mass is 305 g/mol. The van der Waals surface area contributed by atoms with E-state index in [4.69, 9.17) is 4.42 Å². The number of benzene rings is 1. The van der Waals surface area contributed by atoms with E-state index in [9.17, 15) is 4.79 Å². The third-order valence-corrected chi connectivity index (χ3v) is 3.89. The summed E-state index contributed by atoms with van der Waals surface area (Å²) in [5.41, 5.74) is 4.80. The van der Waals surface area contributed by atoms with E-state index >= 15 is 0 Å². The van der Waals surface area contributed by atoms with Crippen LogP contribution in [0.15, 0.2) is 45.9 Å². The van der Waals surface area contributed by atoms with E-state index in [0.717, 1.165) is 28.0 Å². The highest BCUT2D eigenvalue weighted by Crippen LogP contribution is 2.22. The van der Waals surface area contributed by atoms with Crippen molar-refractivity contribution in [3.05, 3.63) is 64.0 Å². The number of imidazole rings is 1. The first-order valence-electron chi connectivity index (χ1n) is 7.39. The Bertz CT molecular complexity index is 1120. The standard InChI is InChI=1S/C18H15N3O2/c1-10-4-5-13-7-14(18(22)23-16(13)6-10)15-9-21-8-11(2)19-12(3)17(21)20-15/h4-9H,1-3H3. The van der Waals surface area contributed by atoms with Gasteiger partial charge in [0.25, 0.3) is 0 Å². The second-order valence-corrected chi connectivity index (χ2v) is 5.81. The minimum atomic E-state index is -0.381. The largest absolute Gasteiger partial charge is 0.422 e. The number of nitrogens with zero attached hydrogens (tertiary/aromatic N) is 3. The molecule has 0 saturated carbocycles. The van der Waals surface area contributed by atoms with E-state index < -0.39 is 0 Å². The maximum Gasteiger partial charge on any atom is 0.345 e. The average molecular weight is 305 g/mol. The van der Waals surface area contributed by atoms with Gasteiger partial charge in [0.15, 0.2) is 5.65 Å². The van der Waals surface area contributed by atoms with Gasteiger partial charge in [-0.2, -0.15) is 0 Å². The summed E-state index contributed by atoms with van der Waals surface area (Å²) in [6.07, 6.45) is 3.73. The highest BCUT2D eigenvalue weighted by atomic mass is 16.4. The lowest BCUT2D eigenvalue weighted by molar-refractivity contribution is 0.563. The number of fused-ring (bicyclic) bond motifs is 2. The van der Waals surface area contributed by atoms with E-state index in [1.165, 1.54) is 0 Å². The molecular formula is C18H15N3O2. The molecule has 0 bridgehead atoms. The number of rotatable bonds is 1. The summed E-state index contributed by atoms with van der Waals surface area (Å²) >= 11 is 0. The van der Waals surface area contributed by atoms with Gasteiger partial charge in [0.2, 0.25) is 0 Å². The molecule has 0 aliphatic rings. The molecule has 114 valence electrons. The topological polar surface area (TPSA) is 60.4 Å². The maximum atomic E-state index is 12.3. The van der Waals surface area contributed by atoms with Gasteiger partial charge in [-0.05, 0) is 38.5 Å². The summed E-state index contributed by atoms with van der Waals surface area (Å²) in [7, 11) is 0. The second-order valence-electron chi connectivity index (χ2n) is 5.81. The van der Waals surface area contributed by atoms with Gasteiger partial charge in [-0.25, -0.2) is 9.78 Å². The fraction of sp³-hybridized carbons (Fsp3) is 0.167. The summed E-state index contributed by atoms with van der Waals surface area (Å²) in [6.45, 7) is 5.80. The molecule has 0 N–H and O–H groups in total. The van der Waals surface area contributed by atoms with Crippen LogP contribution < -0.4 is 5.63 Å². The first-order chi connectivity index (χ1) is 11.0. The molecule has 0 amide bonds. The number of hydrogen-bond donors (Lipinski definition) is 0. The Balaban J connectivity index is 1.98. The zero-order valence-corrected chi connectivity index (χ0v) is 13.1. The van der Waals surface area contributed by atoms with Crippen LogP contribution in [0.3, 0.4) is 0 Å². The highest BCUT2D eigenvalue weighted by molar-refractivity contribution is 5.81. The van der Waals surface area contributed by atoms with Gasteiger partial charge in [0.1, 0.15) is 5.58 Å². The molecule has 0 unspecified atom stereocenters. The van der Waals surface area contributed by atoms with E-state index in [2.05, 4.69) is 9.97 Å². The van der Waals surface area contributed by atoms with Gasteiger partial charge in [0.05, 0.1) is 22.6 Å². The van der Waals surface area contributed by atoms with E-state index in [-0.39, 0.29) is 5.63 Å². The molecule has 0 atom stereocenters. The van der Waals surface area contributed by atoms with E-state index in [0.29, 0.717) is 16.8 Å².